The predicted octanol–water partition coefficient (Wildman–Crippen LogP) is 5.42. The quantitative estimate of drug-likeness (QED) is 0.463. The zero-order chi connectivity index (χ0) is 16.6. The fourth-order valence-electron chi connectivity index (χ4n) is 3.72. The molecule has 1 aliphatic carbocycles. The van der Waals surface area contributed by atoms with Gasteiger partial charge in [-0.2, -0.15) is 4.57 Å². The summed E-state index contributed by atoms with van der Waals surface area (Å²) in [4.78, 5) is 1.52. The summed E-state index contributed by atoms with van der Waals surface area (Å²) in [6, 6.07) is 10.5. The molecule has 0 bridgehead atoms. The largest absolute Gasteiger partial charge is 0.472 e. The van der Waals surface area contributed by atoms with Gasteiger partial charge in [-0.15, -0.1) is 0 Å². The van der Waals surface area contributed by atoms with Crippen LogP contribution in [0.25, 0.3) is 27.9 Å². The van der Waals surface area contributed by atoms with E-state index in [1.54, 1.807) is 12.5 Å². The highest BCUT2D eigenvalue weighted by atomic mass is 32.1. The second kappa shape index (κ2) is 6.05. The zero-order valence-corrected chi connectivity index (χ0v) is 14.6. The van der Waals surface area contributed by atoms with Crippen LogP contribution in [0, 0.1) is 0 Å². The normalized spacial score (nSPS) is 13.8. The van der Waals surface area contributed by atoms with E-state index < -0.39 is 0 Å². The van der Waals surface area contributed by atoms with Crippen LogP contribution < -0.4 is 4.57 Å². The molecule has 3 aromatic heterocycles. The first-order chi connectivity index (χ1) is 12.4. The van der Waals surface area contributed by atoms with E-state index in [0.29, 0.717) is 0 Å². The molecule has 0 N–H and O–H groups in total. The van der Waals surface area contributed by atoms with Crippen molar-refractivity contribution in [3.05, 3.63) is 71.5 Å². The summed E-state index contributed by atoms with van der Waals surface area (Å²) >= 11 is 1.87. The number of para-hydroxylation sites is 1. The number of thiazole rings is 1. The number of aryl methyl sites for hydroxylation is 1. The summed E-state index contributed by atoms with van der Waals surface area (Å²) in [5, 5.41) is 0. The monoisotopic (exact) mass is 348 g/mol. The third kappa shape index (κ3) is 2.45. The standard InChI is InChI=1S/C21H18NO2S/c1-2-7-20-19(6-1)22(14-25-20)21-17(15-8-10-23-12-15)4-3-5-18(21)16-9-11-24-13-16/h3-5,8-14H,1-2,6-7H2/q+1. The third-order valence-electron chi connectivity index (χ3n) is 4.92. The number of furan rings is 2. The van der Waals surface area contributed by atoms with Gasteiger partial charge in [-0.1, -0.05) is 17.4 Å². The van der Waals surface area contributed by atoms with Crippen molar-refractivity contribution in [2.75, 3.05) is 0 Å². The topological polar surface area (TPSA) is 30.2 Å². The zero-order valence-electron chi connectivity index (χ0n) is 13.8. The number of benzene rings is 1. The van der Waals surface area contributed by atoms with E-state index in [4.69, 9.17) is 8.83 Å². The van der Waals surface area contributed by atoms with Crippen LogP contribution in [-0.2, 0) is 12.8 Å². The maximum atomic E-state index is 5.36. The van der Waals surface area contributed by atoms with Crippen molar-refractivity contribution in [3.63, 3.8) is 0 Å². The SMILES string of the molecule is c1cc(-c2ccoc2)c(-[n+]2csc3c2CCCC3)c(-c2ccoc2)c1. The average Bonchev–Trinajstić information content (AvgIpc) is 3.42. The molecular weight excluding hydrogens is 330 g/mol. The Kier molecular flexibility index (Phi) is 3.56. The Bertz CT molecular complexity index is 944. The highest BCUT2D eigenvalue weighted by Gasteiger charge is 2.29. The van der Waals surface area contributed by atoms with Crippen molar-refractivity contribution >= 4 is 11.3 Å². The molecule has 124 valence electrons. The van der Waals surface area contributed by atoms with E-state index in [1.807, 2.05) is 36.0 Å². The fourth-order valence-corrected chi connectivity index (χ4v) is 4.78. The number of aromatic nitrogens is 1. The van der Waals surface area contributed by atoms with Crippen molar-refractivity contribution in [2.45, 2.75) is 25.7 Å². The smallest absolute Gasteiger partial charge is 0.231 e. The second-order valence-electron chi connectivity index (χ2n) is 6.40. The van der Waals surface area contributed by atoms with Gasteiger partial charge in [0.25, 0.3) is 0 Å². The highest BCUT2D eigenvalue weighted by molar-refractivity contribution is 7.09. The molecule has 1 aromatic carbocycles. The molecule has 4 aromatic rings. The molecule has 0 atom stereocenters. The van der Waals surface area contributed by atoms with Crippen LogP contribution in [0.1, 0.15) is 23.4 Å². The molecule has 0 saturated heterocycles. The maximum Gasteiger partial charge on any atom is 0.231 e. The molecule has 5 rings (SSSR count). The number of nitrogens with zero attached hydrogens (tertiary/aromatic N) is 1. The fraction of sp³-hybridized carbons (Fsp3) is 0.190. The number of fused-ring (bicyclic) bond motifs is 1. The molecule has 1 aliphatic rings. The summed E-state index contributed by atoms with van der Waals surface area (Å²) < 4.78 is 13.1. The predicted molar refractivity (Wildman–Crippen MR) is 97.9 cm³/mol. The summed E-state index contributed by atoms with van der Waals surface area (Å²) in [6.45, 7) is 0. The summed E-state index contributed by atoms with van der Waals surface area (Å²) in [7, 11) is 0. The molecule has 4 heteroatoms. The van der Waals surface area contributed by atoms with Gasteiger partial charge >= 0.3 is 0 Å². The lowest BCUT2D eigenvalue weighted by Crippen LogP contribution is -2.35. The Morgan fingerprint density at radius 2 is 1.52 bits per heavy atom. The van der Waals surface area contributed by atoms with E-state index in [-0.39, 0.29) is 0 Å². The van der Waals surface area contributed by atoms with Crippen LogP contribution in [0.4, 0.5) is 0 Å². The van der Waals surface area contributed by atoms with E-state index in [1.165, 1.54) is 46.6 Å². The molecule has 0 radical (unpaired) electrons. The molecule has 3 heterocycles. The number of hydrogen-bond acceptors (Lipinski definition) is 3. The molecule has 0 amide bonds. The third-order valence-corrected chi connectivity index (χ3v) is 5.96. The highest BCUT2D eigenvalue weighted by Crippen LogP contribution is 2.35. The molecule has 3 nitrogen and oxygen atoms in total. The van der Waals surface area contributed by atoms with Crippen LogP contribution in [0.15, 0.2) is 69.7 Å². The average molecular weight is 348 g/mol. The van der Waals surface area contributed by atoms with Crippen LogP contribution >= 0.6 is 11.3 Å². The van der Waals surface area contributed by atoms with Crippen molar-refractivity contribution < 1.29 is 13.4 Å². The van der Waals surface area contributed by atoms with Gasteiger partial charge in [-0.25, -0.2) is 0 Å². The van der Waals surface area contributed by atoms with Crippen molar-refractivity contribution in [1.82, 2.24) is 0 Å². The van der Waals surface area contributed by atoms with Gasteiger partial charge in [0, 0.05) is 17.5 Å². The van der Waals surface area contributed by atoms with Gasteiger partial charge in [-0.3, -0.25) is 0 Å². The van der Waals surface area contributed by atoms with Gasteiger partial charge in [0.05, 0.1) is 41.1 Å². The Labute approximate surface area is 150 Å². The molecule has 0 fully saturated rings. The maximum absolute atomic E-state index is 5.36. The Morgan fingerprint density at radius 1 is 0.840 bits per heavy atom. The summed E-state index contributed by atoms with van der Waals surface area (Å²) in [6.07, 6.45) is 12.0. The first-order valence-corrected chi connectivity index (χ1v) is 9.49. The van der Waals surface area contributed by atoms with E-state index in [0.717, 1.165) is 17.5 Å². The number of rotatable bonds is 3. The molecule has 25 heavy (non-hydrogen) atoms. The first kappa shape index (κ1) is 14.7. The lowest BCUT2D eigenvalue weighted by atomic mass is 9.97. The Hall–Kier alpha value is -2.59. The molecule has 0 spiro atoms. The first-order valence-electron chi connectivity index (χ1n) is 8.61. The van der Waals surface area contributed by atoms with Gasteiger partial charge in [0.1, 0.15) is 0 Å². The van der Waals surface area contributed by atoms with Crippen LogP contribution in [-0.4, -0.2) is 0 Å². The minimum Gasteiger partial charge on any atom is -0.472 e. The van der Waals surface area contributed by atoms with E-state index in [2.05, 4.69) is 28.3 Å². The summed E-state index contributed by atoms with van der Waals surface area (Å²) in [5.41, 5.74) is 9.50. The molecule has 0 aliphatic heterocycles. The molecular formula is C21H18NO2S+. The van der Waals surface area contributed by atoms with Gasteiger partial charge < -0.3 is 8.83 Å². The Balaban J connectivity index is 1.80. The van der Waals surface area contributed by atoms with Crippen LogP contribution in [0.2, 0.25) is 0 Å². The van der Waals surface area contributed by atoms with E-state index >= 15 is 0 Å². The van der Waals surface area contributed by atoms with E-state index in [9.17, 15) is 0 Å². The van der Waals surface area contributed by atoms with Crippen molar-refractivity contribution in [3.8, 4) is 27.9 Å². The number of hydrogen-bond donors (Lipinski definition) is 0. The minimum absolute atomic E-state index is 1.10. The lowest BCUT2D eigenvalue weighted by Gasteiger charge is -2.11. The Morgan fingerprint density at radius 3 is 2.16 bits per heavy atom. The minimum atomic E-state index is 1.10. The van der Waals surface area contributed by atoms with Crippen LogP contribution in [0.5, 0.6) is 0 Å². The molecule has 0 saturated carbocycles. The van der Waals surface area contributed by atoms with Gasteiger partial charge in [0.15, 0.2) is 0 Å². The lowest BCUT2D eigenvalue weighted by molar-refractivity contribution is -0.598. The van der Waals surface area contributed by atoms with Crippen molar-refractivity contribution in [1.29, 1.82) is 0 Å². The second-order valence-corrected chi connectivity index (χ2v) is 7.34. The van der Waals surface area contributed by atoms with Gasteiger partial charge in [0.2, 0.25) is 16.9 Å². The van der Waals surface area contributed by atoms with Crippen LogP contribution in [0.3, 0.4) is 0 Å². The molecule has 0 unspecified atom stereocenters. The summed E-state index contributed by atoms with van der Waals surface area (Å²) in [5.74, 6) is 0. The van der Waals surface area contributed by atoms with Crippen molar-refractivity contribution in [2.24, 2.45) is 0 Å². The van der Waals surface area contributed by atoms with Gasteiger partial charge in [-0.05, 0) is 43.5 Å².